The molecule has 0 spiro atoms. The summed E-state index contributed by atoms with van der Waals surface area (Å²) in [6, 6.07) is 7.43. The van der Waals surface area contributed by atoms with E-state index in [2.05, 4.69) is 10.6 Å². The Morgan fingerprint density at radius 3 is 2.78 bits per heavy atom. The number of amides is 1. The van der Waals surface area contributed by atoms with Crippen molar-refractivity contribution < 1.29 is 9.90 Å². The van der Waals surface area contributed by atoms with Crippen LogP contribution in [0.1, 0.15) is 32.3 Å². The molecule has 0 saturated carbocycles. The van der Waals surface area contributed by atoms with E-state index in [-0.39, 0.29) is 17.7 Å². The Balaban J connectivity index is 2.19. The zero-order chi connectivity index (χ0) is 13.4. The molecule has 3 N–H and O–H groups in total. The van der Waals surface area contributed by atoms with Crippen LogP contribution in [-0.4, -0.2) is 23.6 Å². The Hall–Kier alpha value is -1.55. The molecule has 0 heterocycles. The SMILES string of the molecule is CCC(C)NC(=O)CCNCc1ccccc1O. The molecule has 0 bridgehead atoms. The second-order valence-corrected chi connectivity index (χ2v) is 4.43. The summed E-state index contributed by atoms with van der Waals surface area (Å²) < 4.78 is 0. The average Bonchev–Trinajstić information content (AvgIpc) is 2.36. The van der Waals surface area contributed by atoms with Crippen LogP contribution in [-0.2, 0) is 11.3 Å². The van der Waals surface area contributed by atoms with Crippen molar-refractivity contribution in [2.75, 3.05) is 6.54 Å². The molecule has 1 amide bonds. The lowest BCUT2D eigenvalue weighted by atomic mass is 10.2. The number of carbonyl (C=O) groups is 1. The summed E-state index contributed by atoms with van der Waals surface area (Å²) >= 11 is 0. The van der Waals surface area contributed by atoms with Gasteiger partial charge < -0.3 is 15.7 Å². The molecular formula is C14H22N2O2. The highest BCUT2D eigenvalue weighted by Gasteiger charge is 2.05. The number of phenolic OH excluding ortho intramolecular Hbond substituents is 1. The van der Waals surface area contributed by atoms with Gasteiger partial charge in [-0.05, 0) is 19.4 Å². The molecule has 0 radical (unpaired) electrons. The molecule has 1 aromatic carbocycles. The van der Waals surface area contributed by atoms with E-state index in [1.165, 1.54) is 0 Å². The van der Waals surface area contributed by atoms with Gasteiger partial charge in [-0.1, -0.05) is 25.1 Å². The lowest BCUT2D eigenvalue weighted by Crippen LogP contribution is -2.33. The third-order valence-electron chi connectivity index (χ3n) is 2.86. The molecular weight excluding hydrogens is 228 g/mol. The van der Waals surface area contributed by atoms with Crippen molar-refractivity contribution in [3.8, 4) is 5.75 Å². The minimum absolute atomic E-state index is 0.0640. The molecule has 0 aliphatic rings. The van der Waals surface area contributed by atoms with Crippen LogP contribution >= 0.6 is 0 Å². The predicted molar refractivity (Wildman–Crippen MR) is 72.3 cm³/mol. The van der Waals surface area contributed by atoms with Gasteiger partial charge in [0.2, 0.25) is 5.91 Å². The first-order chi connectivity index (χ1) is 8.63. The van der Waals surface area contributed by atoms with Crippen LogP contribution in [0, 0.1) is 0 Å². The smallest absolute Gasteiger partial charge is 0.221 e. The quantitative estimate of drug-likeness (QED) is 0.646. The number of hydrogen-bond donors (Lipinski definition) is 3. The van der Waals surface area contributed by atoms with Gasteiger partial charge in [0, 0.05) is 31.1 Å². The van der Waals surface area contributed by atoms with Crippen LogP contribution in [0.5, 0.6) is 5.75 Å². The number of benzene rings is 1. The number of phenols is 1. The Kier molecular flexibility index (Phi) is 6.22. The molecule has 1 rings (SSSR count). The second-order valence-electron chi connectivity index (χ2n) is 4.43. The van der Waals surface area contributed by atoms with E-state index in [1.54, 1.807) is 12.1 Å². The third-order valence-corrected chi connectivity index (χ3v) is 2.86. The molecule has 1 atom stereocenters. The van der Waals surface area contributed by atoms with E-state index in [4.69, 9.17) is 0 Å². The highest BCUT2D eigenvalue weighted by Crippen LogP contribution is 2.14. The Morgan fingerprint density at radius 2 is 2.11 bits per heavy atom. The first-order valence-electron chi connectivity index (χ1n) is 6.40. The molecule has 4 heteroatoms. The van der Waals surface area contributed by atoms with Crippen LogP contribution < -0.4 is 10.6 Å². The highest BCUT2D eigenvalue weighted by molar-refractivity contribution is 5.76. The van der Waals surface area contributed by atoms with Gasteiger partial charge in [-0.2, -0.15) is 0 Å². The van der Waals surface area contributed by atoms with Crippen molar-refractivity contribution in [3.63, 3.8) is 0 Å². The topological polar surface area (TPSA) is 61.4 Å². The van der Waals surface area contributed by atoms with E-state index in [0.29, 0.717) is 19.5 Å². The summed E-state index contributed by atoms with van der Waals surface area (Å²) in [5.74, 6) is 0.350. The fourth-order valence-corrected chi connectivity index (χ4v) is 1.53. The number of hydrogen-bond acceptors (Lipinski definition) is 3. The van der Waals surface area contributed by atoms with E-state index in [9.17, 15) is 9.90 Å². The van der Waals surface area contributed by atoms with Crippen LogP contribution in [0.3, 0.4) is 0 Å². The maximum atomic E-state index is 11.5. The fraction of sp³-hybridized carbons (Fsp3) is 0.500. The van der Waals surface area contributed by atoms with Gasteiger partial charge >= 0.3 is 0 Å². The van der Waals surface area contributed by atoms with E-state index < -0.39 is 0 Å². The molecule has 0 saturated heterocycles. The maximum Gasteiger partial charge on any atom is 0.221 e. The number of aromatic hydroxyl groups is 1. The lowest BCUT2D eigenvalue weighted by molar-refractivity contribution is -0.121. The minimum atomic E-state index is 0.0640. The lowest BCUT2D eigenvalue weighted by Gasteiger charge is -2.11. The maximum absolute atomic E-state index is 11.5. The van der Waals surface area contributed by atoms with Crippen molar-refractivity contribution in [2.45, 2.75) is 39.3 Å². The summed E-state index contributed by atoms with van der Waals surface area (Å²) in [6.45, 7) is 5.22. The minimum Gasteiger partial charge on any atom is -0.508 e. The Bertz CT molecular complexity index is 380. The van der Waals surface area contributed by atoms with Crippen molar-refractivity contribution in [2.24, 2.45) is 0 Å². The number of carbonyl (C=O) groups excluding carboxylic acids is 1. The number of rotatable bonds is 7. The first-order valence-corrected chi connectivity index (χ1v) is 6.40. The van der Waals surface area contributed by atoms with Crippen molar-refractivity contribution >= 4 is 5.91 Å². The van der Waals surface area contributed by atoms with E-state index in [1.807, 2.05) is 26.0 Å². The monoisotopic (exact) mass is 250 g/mol. The Labute approximate surface area is 108 Å². The molecule has 18 heavy (non-hydrogen) atoms. The summed E-state index contributed by atoms with van der Waals surface area (Å²) in [6.07, 6.45) is 1.40. The zero-order valence-corrected chi connectivity index (χ0v) is 11.1. The molecule has 4 nitrogen and oxygen atoms in total. The van der Waals surface area contributed by atoms with Gasteiger partial charge in [-0.25, -0.2) is 0 Å². The summed E-state index contributed by atoms with van der Waals surface area (Å²) in [4.78, 5) is 11.5. The van der Waals surface area contributed by atoms with Gasteiger partial charge in [0.15, 0.2) is 0 Å². The van der Waals surface area contributed by atoms with E-state index >= 15 is 0 Å². The Morgan fingerprint density at radius 1 is 1.39 bits per heavy atom. The third kappa shape index (κ3) is 5.19. The number of nitrogens with one attached hydrogen (secondary N) is 2. The zero-order valence-electron chi connectivity index (χ0n) is 11.1. The van der Waals surface area contributed by atoms with Crippen LogP contribution in [0.2, 0.25) is 0 Å². The van der Waals surface area contributed by atoms with Crippen molar-refractivity contribution in [3.05, 3.63) is 29.8 Å². The van der Waals surface area contributed by atoms with E-state index in [0.717, 1.165) is 12.0 Å². The first kappa shape index (κ1) is 14.5. The second kappa shape index (κ2) is 7.71. The number of para-hydroxylation sites is 1. The molecule has 1 aromatic rings. The molecule has 100 valence electrons. The van der Waals surface area contributed by atoms with Crippen LogP contribution in [0.25, 0.3) is 0 Å². The molecule has 0 fully saturated rings. The molecule has 1 unspecified atom stereocenters. The largest absolute Gasteiger partial charge is 0.508 e. The van der Waals surface area contributed by atoms with Gasteiger partial charge in [0.05, 0.1) is 0 Å². The van der Waals surface area contributed by atoms with Gasteiger partial charge in [0.25, 0.3) is 0 Å². The normalized spacial score (nSPS) is 12.1. The summed E-state index contributed by atoms with van der Waals surface area (Å²) in [7, 11) is 0. The van der Waals surface area contributed by atoms with Gasteiger partial charge in [-0.3, -0.25) is 4.79 Å². The molecule has 0 aliphatic carbocycles. The molecule has 0 aromatic heterocycles. The average molecular weight is 250 g/mol. The van der Waals surface area contributed by atoms with Crippen LogP contribution in [0.4, 0.5) is 0 Å². The van der Waals surface area contributed by atoms with Crippen molar-refractivity contribution in [1.29, 1.82) is 0 Å². The van der Waals surface area contributed by atoms with Gasteiger partial charge in [-0.15, -0.1) is 0 Å². The van der Waals surface area contributed by atoms with Gasteiger partial charge in [0.1, 0.15) is 5.75 Å². The summed E-state index contributed by atoms with van der Waals surface area (Å²) in [5.41, 5.74) is 0.847. The predicted octanol–water partition coefficient (Wildman–Crippen LogP) is 1.79. The van der Waals surface area contributed by atoms with Crippen LogP contribution in [0.15, 0.2) is 24.3 Å². The highest BCUT2D eigenvalue weighted by atomic mass is 16.3. The molecule has 0 aliphatic heterocycles. The fourth-order valence-electron chi connectivity index (χ4n) is 1.53. The summed E-state index contributed by atoms with van der Waals surface area (Å²) in [5, 5.41) is 15.6. The standard InChI is InChI=1S/C14H22N2O2/c1-3-11(2)16-14(18)8-9-15-10-12-6-4-5-7-13(12)17/h4-7,11,15,17H,3,8-10H2,1-2H3,(H,16,18). The van der Waals surface area contributed by atoms with Crippen molar-refractivity contribution in [1.82, 2.24) is 10.6 Å².